The van der Waals surface area contributed by atoms with Gasteiger partial charge in [-0.15, -0.1) is 0 Å². The van der Waals surface area contributed by atoms with E-state index < -0.39 is 0 Å². The van der Waals surface area contributed by atoms with Gasteiger partial charge in [0.15, 0.2) is 5.82 Å². The Morgan fingerprint density at radius 2 is 2.20 bits per heavy atom. The largest absolute Gasteiger partial charge is 0.496 e. The van der Waals surface area contributed by atoms with Crippen molar-refractivity contribution in [3.05, 3.63) is 36.2 Å². The van der Waals surface area contributed by atoms with Crippen LogP contribution in [0.5, 0.6) is 5.75 Å². The summed E-state index contributed by atoms with van der Waals surface area (Å²) in [5, 5.41) is 0. The van der Waals surface area contributed by atoms with Crippen LogP contribution in [0, 0.1) is 6.92 Å². The van der Waals surface area contributed by atoms with Crippen LogP contribution in [0.3, 0.4) is 0 Å². The highest BCUT2D eigenvalue weighted by Crippen LogP contribution is 2.30. The maximum Gasteiger partial charge on any atom is 0.162 e. The number of methoxy groups -OCH3 is 1. The number of ether oxygens (including phenoxy) is 1. The van der Waals surface area contributed by atoms with Gasteiger partial charge in [-0.3, -0.25) is 4.68 Å². The maximum absolute atomic E-state index is 5.76. The number of nitrogen functional groups attached to an aromatic ring is 1. The zero-order chi connectivity index (χ0) is 10.8. The Morgan fingerprint density at radius 1 is 1.40 bits per heavy atom. The van der Waals surface area contributed by atoms with Gasteiger partial charge in [-0.05, 0) is 18.6 Å². The molecule has 0 atom stereocenters. The van der Waals surface area contributed by atoms with E-state index in [0.29, 0.717) is 5.82 Å². The van der Waals surface area contributed by atoms with Crippen molar-refractivity contribution in [3.63, 3.8) is 0 Å². The van der Waals surface area contributed by atoms with Crippen LogP contribution in [0.2, 0.25) is 0 Å². The van der Waals surface area contributed by atoms with E-state index in [1.807, 2.05) is 25.1 Å². The quantitative estimate of drug-likeness (QED) is 0.754. The minimum Gasteiger partial charge on any atom is -0.496 e. The van der Waals surface area contributed by atoms with Crippen molar-refractivity contribution >= 4 is 0 Å². The van der Waals surface area contributed by atoms with Crippen LogP contribution in [0.1, 0.15) is 5.56 Å². The first-order valence-electron chi connectivity index (χ1n) is 4.66. The first kappa shape index (κ1) is 9.58. The second kappa shape index (κ2) is 3.65. The Kier molecular flexibility index (Phi) is 2.33. The average Bonchev–Trinajstić information content (AvgIpc) is 2.64. The van der Waals surface area contributed by atoms with Gasteiger partial charge in [-0.1, -0.05) is 12.1 Å². The molecule has 0 saturated heterocycles. The first-order chi connectivity index (χ1) is 7.24. The second-order valence-corrected chi connectivity index (χ2v) is 3.31. The molecule has 2 rings (SSSR count). The molecule has 0 fully saturated rings. The smallest absolute Gasteiger partial charge is 0.162 e. The third kappa shape index (κ3) is 1.54. The normalized spacial score (nSPS) is 10.3. The summed E-state index contributed by atoms with van der Waals surface area (Å²) >= 11 is 0. The highest BCUT2D eigenvalue weighted by molar-refractivity contribution is 5.68. The molecule has 0 radical (unpaired) electrons. The van der Waals surface area contributed by atoms with Gasteiger partial charge in [0.05, 0.1) is 12.7 Å². The molecular weight excluding hydrogens is 190 g/mol. The van der Waals surface area contributed by atoms with Crippen molar-refractivity contribution in [3.8, 4) is 17.1 Å². The molecular formula is C11H13N3O. The lowest BCUT2D eigenvalue weighted by molar-refractivity contribution is 0.415. The molecule has 0 aliphatic carbocycles. The fraction of sp³-hybridized carbons (Fsp3) is 0.182. The van der Waals surface area contributed by atoms with Crippen LogP contribution in [-0.2, 0) is 0 Å². The van der Waals surface area contributed by atoms with E-state index in [-0.39, 0.29) is 0 Å². The number of hydrogen-bond acceptors (Lipinski definition) is 3. The summed E-state index contributed by atoms with van der Waals surface area (Å²) in [7, 11) is 1.64. The zero-order valence-electron chi connectivity index (χ0n) is 8.77. The van der Waals surface area contributed by atoms with Gasteiger partial charge < -0.3 is 10.6 Å². The molecule has 1 heterocycles. The molecule has 0 aliphatic rings. The van der Waals surface area contributed by atoms with Gasteiger partial charge in [-0.25, -0.2) is 4.98 Å². The van der Waals surface area contributed by atoms with E-state index in [2.05, 4.69) is 4.98 Å². The van der Waals surface area contributed by atoms with Crippen molar-refractivity contribution in [1.29, 1.82) is 0 Å². The molecule has 78 valence electrons. The highest BCUT2D eigenvalue weighted by atomic mass is 16.5. The van der Waals surface area contributed by atoms with Crippen LogP contribution in [0.15, 0.2) is 30.6 Å². The topological polar surface area (TPSA) is 53.1 Å². The third-order valence-corrected chi connectivity index (χ3v) is 2.35. The minimum atomic E-state index is 0.713. The number of aryl methyl sites for hydroxylation is 1. The second-order valence-electron chi connectivity index (χ2n) is 3.31. The van der Waals surface area contributed by atoms with Gasteiger partial charge in [0.25, 0.3) is 0 Å². The standard InChI is InChI=1S/C11H13N3O/c1-8-4-3-5-9(15-2)10(8)11-13-6-7-14(11)12/h3-7H,12H2,1-2H3. The van der Waals surface area contributed by atoms with E-state index in [4.69, 9.17) is 10.6 Å². The zero-order valence-corrected chi connectivity index (χ0v) is 8.77. The number of rotatable bonds is 2. The molecule has 4 nitrogen and oxygen atoms in total. The summed E-state index contributed by atoms with van der Waals surface area (Å²) in [6.45, 7) is 2.01. The Morgan fingerprint density at radius 3 is 2.80 bits per heavy atom. The first-order valence-corrected chi connectivity index (χ1v) is 4.66. The molecule has 0 bridgehead atoms. The number of nitrogens with zero attached hydrogens (tertiary/aromatic N) is 2. The van der Waals surface area contributed by atoms with Gasteiger partial charge in [0.2, 0.25) is 0 Å². The summed E-state index contributed by atoms with van der Waals surface area (Å²) < 4.78 is 6.79. The maximum atomic E-state index is 5.76. The Hall–Kier alpha value is -1.97. The van der Waals surface area contributed by atoms with Crippen molar-refractivity contribution < 1.29 is 4.74 Å². The number of benzene rings is 1. The van der Waals surface area contributed by atoms with Gasteiger partial charge >= 0.3 is 0 Å². The van der Waals surface area contributed by atoms with Gasteiger partial charge in [0, 0.05) is 12.4 Å². The molecule has 15 heavy (non-hydrogen) atoms. The van der Waals surface area contributed by atoms with E-state index in [0.717, 1.165) is 16.9 Å². The van der Waals surface area contributed by atoms with E-state index in [1.54, 1.807) is 19.5 Å². The van der Waals surface area contributed by atoms with Crippen LogP contribution in [0.25, 0.3) is 11.4 Å². The van der Waals surface area contributed by atoms with Crippen molar-refractivity contribution in [2.75, 3.05) is 13.0 Å². The molecule has 1 aromatic carbocycles. The molecule has 1 aromatic heterocycles. The third-order valence-electron chi connectivity index (χ3n) is 2.35. The molecule has 0 unspecified atom stereocenters. The summed E-state index contributed by atoms with van der Waals surface area (Å²) in [5.74, 6) is 7.26. The molecule has 4 heteroatoms. The fourth-order valence-electron chi connectivity index (χ4n) is 1.60. The van der Waals surface area contributed by atoms with E-state index in [9.17, 15) is 0 Å². The summed E-state index contributed by atoms with van der Waals surface area (Å²) in [6.07, 6.45) is 3.38. The lowest BCUT2D eigenvalue weighted by Crippen LogP contribution is -2.09. The Balaban J connectivity index is 2.66. The van der Waals surface area contributed by atoms with E-state index >= 15 is 0 Å². The van der Waals surface area contributed by atoms with E-state index in [1.165, 1.54) is 4.68 Å². The average molecular weight is 203 g/mol. The molecule has 2 N–H and O–H groups in total. The predicted molar refractivity (Wildman–Crippen MR) is 59.1 cm³/mol. The van der Waals surface area contributed by atoms with Crippen LogP contribution in [0.4, 0.5) is 0 Å². The fourth-order valence-corrected chi connectivity index (χ4v) is 1.60. The lowest BCUT2D eigenvalue weighted by atomic mass is 10.1. The van der Waals surface area contributed by atoms with Crippen LogP contribution >= 0.6 is 0 Å². The highest BCUT2D eigenvalue weighted by Gasteiger charge is 2.12. The number of aromatic nitrogens is 2. The van der Waals surface area contributed by atoms with Crippen LogP contribution in [-0.4, -0.2) is 16.8 Å². The number of hydrogen-bond donors (Lipinski definition) is 1. The molecule has 0 amide bonds. The molecule has 2 aromatic rings. The molecule has 0 saturated carbocycles. The van der Waals surface area contributed by atoms with Crippen molar-refractivity contribution in [2.45, 2.75) is 6.92 Å². The Labute approximate surface area is 88.3 Å². The minimum absolute atomic E-state index is 0.713. The lowest BCUT2D eigenvalue weighted by Gasteiger charge is -2.10. The number of nitrogens with two attached hydrogens (primary N) is 1. The number of imidazole rings is 1. The van der Waals surface area contributed by atoms with Crippen LogP contribution < -0.4 is 10.6 Å². The predicted octanol–water partition coefficient (Wildman–Crippen LogP) is 1.58. The SMILES string of the molecule is COc1cccc(C)c1-c1nccn1N. The summed E-state index contributed by atoms with van der Waals surface area (Å²) in [4.78, 5) is 4.21. The molecule has 0 spiro atoms. The molecule has 0 aliphatic heterocycles. The van der Waals surface area contributed by atoms with Gasteiger partial charge in [-0.2, -0.15) is 0 Å². The monoisotopic (exact) mass is 203 g/mol. The summed E-state index contributed by atoms with van der Waals surface area (Å²) in [5.41, 5.74) is 2.03. The summed E-state index contributed by atoms with van der Waals surface area (Å²) in [6, 6.07) is 5.85. The van der Waals surface area contributed by atoms with Gasteiger partial charge in [0.1, 0.15) is 5.75 Å². The Bertz CT molecular complexity index is 476. The van der Waals surface area contributed by atoms with Crippen molar-refractivity contribution in [2.24, 2.45) is 0 Å². The van der Waals surface area contributed by atoms with Crippen molar-refractivity contribution in [1.82, 2.24) is 9.66 Å².